The van der Waals surface area contributed by atoms with Gasteiger partial charge in [0, 0.05) is 17.1 Å². The van der Waals surface area contributed by atoms with Gasteiger partial charge in [-0.1, -0.05) is 12.1 Å². The van der Waals surface area contributed by atoms with E-state index in [9.17, 15) is 18.8 Å². The maximum absolute atomic E-state index is 13.4. The van der Waals surface area contributed by atoms with Gasteiger partial charge in [0.15, 0.2) is 0 Å². The second-order valence-corrected chi connectivity index (χ2v) is 6.57. The average Bonchev–Trinajstić information content (AvgIpc) is 3.20. The number of aromatic amines is 1. The normalized spacial score (nSPS) is 13.2. The van der Waals surface area contributed by atoms with Gasteiger partial charge in [0.2, 0.25) is 0 Å². The highest BCUT2D eigenvalue weighted by molar-refractivity contribution is 6.22. The maximum Gasteiger partial charge on any atom is 0.326 e. The highest BCUT2D eigenvalue weighted by Gasteiger charge is 2.36. The van der Waals surface area contributed by atoms with Crippen molar-refractivity contribution in [1.29, 1.82) is 0 Å². The molecule has 1 N–H and O–H groups in total. The first kappa shape index (κ1) is 17.9. The van der Waals surface area contributed by atoms with Crippen molar-refractivity contribution in [1.82, 2.24) is 9.88 Å². The van der Waals surface area contributed by atoms with Crippen molar-refractivity contribution < 1.29 is 23.5 Å². The lowest BCUT2D eigenvalue weighted by Crippen LogP contribution is -2.35. The summed E-state index contributed by atoms with van der Waals surface area (Å²) in [7, 11) is 0. The molecule has 1 aliphatic rings. The van der Waals surface area contributed by atoms with Crippen LogP contribution in [0, 0.1) is 5.82 Å². The summed E-state index contributed by atoms with van der Waals surface area (Å²) < 4.78 is 18.6. The van der Waals surface area contributed by atoms with Crippen LogP contribution in [0.4, 0.5) is 4.39 Å². The Morgan fingerprint density at radius 2 is 1.79 bits per heavy atom. The Morgan fingerprint density at radius 1 is 1.07 bits per heavy atom. The number of fused-ring (bicyclic) bond motifs is 2. The zero-order valence-corrected chi connectivity index (χ0v) is 14.9. The molecule has 2 heterocycles. The SMILES string of the molecule is O=C(CN1C(=O)c2ccccc2C1=O)OCCCc1c[nH]c2ccc(F)cc12. The molecular formula is C21H17FN2O4. The second-order valence-electron chi connectivity index (χ2n) is 6.57. The zero-order valence-electron chi connectivity index (χ0n) is 14.9. The standard InChI is InChI=1S/C21H17FN2O4/c22-14-7-8-18-17(10-14)13(11-23-18)4-3-9-28-19(25)12-24-20(26)15-5-1-2-6-16(15)21(24)27/h1-2,5-8,10-11,23H,3-4,9,12H2. The number of nitrogens with one attached hydrogen (secondary N) is 1. The van der Waals surface area contributed by atoms with E-state index in [0.717, 1.165) is 21.4 Å². The molecule has 0 aliphatic carbocycles. The number of aromatic nitrogens is 1. The fourth-order valence-electron chi connectivity index (χ4n) is 3.36. The predicted molar refractivity (Wildman–Crippen MR) is 99.3 cm³/mol. The minimum atomic E-state index is -0.639. The molecule has 28 heavy (non-hydrogen) atoms. The van der Waals surface area contributed by atoms with Gasteiger partial charge in [-0.05, 0) is 48.7 Å². The van der Waals surface area contributed by atoms with Gasteiger partial charge in [-0.25, -0.2) is 4.39 Å². The molecule has 0 radical (unpaired) electrons. The van der Waals surface area contributed by atoms with Crippen LogP contribution >= 0.6 is 0 Å². The number of nitrogens with zero attached hydrogens (tertiary/aromatic N) is 1. The average molecular weight is 380 g/mol. The monoisotopic (exact) mass is 380 g/mol. The minimum absolute atomic E-state index is 0.143. The Labute approximate surface area is 159 Å². The van der Waals surface area contributed by atoms with E-state index in [1.807, 2.05) is 6.20 Å². The molecule has 0 spiro atoms. The molecule has 7 heteroatoms. The number of carbonyl (C=O) groups excluding carboxylic acids is 3. The number of carbonyl (C=O) groups is 3. The lowest BCUT2D eigenvalue weighted by molar-refractivity contribution is -0.144. The van der Waals surface area contributed by atoms with Gasteiger partial charge in [0.05, 0.1) is 17.7 Å². The first-order chi connectivity index (χ1) is 13.5. The fourth-order valence-corrected chi connectivity index (χ4v) is 3.36. The van der Waals surface area contributed by atoms with Crippen molar-refractivity contribution in [3.63, 3.8) is 0 Å². The number of halogens is 1. The third-order valence-corrected chi connectivity index (χ3v) is 4.75. The summed E-state index contributed by atoms with van der Waals surface area (Å²) in [6, 6.07) is 11.0. The van der Waals surface area contributed by atoms with Gasteiger partial charge in [-0.3, -0.25) is 19.3 Å². The van der Waals surface area contributed by atoms with Crippen LogP contribution in [0.1, 0.15) is 32.7 Å². The molecule has 1 aromatic heterocycles. The maximum atomic E-state index is 13.4. The number of rotatable bonds is 6. The largest absolute Gasteiger partial charge is 0.464 e. The van der Waals surface area contributed by atoms with E-state index < -0.39 is 24.3 Å². The number of aryl methyl sites for hydroxylation is 1. The van der Waals surface area contributed by atoms with Crippen LogP contribution in [0.15, 0.2) is 48.7 Å². The topological polar surface area (TPSA) is 79.5 Å². The van der Waals surface area contributed by atoms with Crippen LogP contribution in [0.25, 0.3) is 10.9 Å². The van der Waals surface area contributed by atoms with Gasteiger partial charge in [-0.2, -0.15) is 0 Å². The van der Waals surface area contributed by atoms with Crippen LogP contribution in [0.3, 0.4) is 0 Å². The summed E-state index contributed by atoms with van der Waals surface area (Å²) >= 11 is 0. The Kier molecular flexibility index (Phi) is 4.65. The van der Waals surface area contributed by atoms with Crippen molar-refractivity contribution in [3.05, 3.63) is 71.2 Å². The third-order valence-electron chi connectivity index (χ3n) is 4.75. The van der Waals surface area contributed by atoms with E-state index >= 15 is 0 Å². The number of amides is 2. The van der Waals surface area contributed by atoms with Crippen LogP contribution in [0.5, 0.6) is 0 Å². The van der Waals surface area contributed by atoms with E-state index in [0.29, 0.717) is 24.0 Å². The highest BCUT2D eigenvalue weighted by atomic mass is 19.1. The van der Waals surface area contributed by atoms with Crippen LogP contribution in [-0.2, 0) is 16.0 Å². The van der Waals surface area contributed by atoms with Crippen molar-refractivity contribution in [2.75, 3.05) is 13.2 Å². The van der Waals surface area contributed by atoms with Crippen molar-refractivity contribution >= 4 is 28.7 Å². The Bertz CT molecular complexity index is 1050. The number of imide groups is 1. The minimum Gasteiger partial charge on any atom is -0.464 e. The Morgan fingerprint density at radius 3 is 2.50 bits per heavy atom. The molecule has 3 aromatic rings. The van der Waals surface area contributed by atoms with E-state index in [2.05, 4.69) is 4.98 Å². The second kappa shape index (κ2) is 7.26. The quantitative estimate of drug-likeness (QED) is 0.405. The molecule has 0 saturated carbocycles. The van der Waals surface area contributed by atoms with Crippen molar-refractivity contribution in [2.45, 2.75) is 12.8 Å². The summed E-state index contributed by atoms with van der Waals surface area (Å²) in [6.45, 7) is -0.269. The first-order valence-electron chi connectivity index (χ1n) is 8.91. The third kappa shape index (κ3) is 3.26. The molecule has 0 fully saturated rings. The molecule has 0 bridgehead atoms. The van der Waals surface area contributed by atoms with Gasteiger partial charge >= 0.3 is 5.97 Å². The van der Waals surface area contributed by atoms with Gasteiger partial charge < -0.3 is 9.72 Å². The summed E-state index contributed by atoms with van der Waals surface area (Å²) in [5.41, 5.74) is 2.38. The smallest absolute Gasteiger partial charge is 0.326 e. The number of ether oxygens (including phenoxy) is 1. The van der Waals surface area contributed by atoms with Crippen molar-refractivity contribution in [2.24, 2.45) is 0 Å². The number of hydrogen-bond donors (Lipinski definition) is 1. The Hall–Kier alpha value is -3.48. The van der Waals surface area contributed by atoms with Crippen LogP contribution in [0.2, 0.25) is 0 Å². The molecule has 2 amide bonds. The van der Waals surface area contributed by atoms with E-state index in [1.54, 1.807) is 30.3 Å². The van der Waals surface area contributed by atoms with E-state index in [4.69, 9.17) is 4.74 Å². The van der Waals surface area contributed by atoms with Crippen LogP contribution in [-0.4, -0.2) is 40.8 Å². The zero-order chi connectivity index (χ0) is 19.7. The first-order valence-corrected chi connectivity index (χ1v) is 8.91. The molecule has 1 aliphatic heterocycles. The summed E-state index contributed by atoms with van der Waals surface area (Å²) in [5, 5.41) is 0.803. The molecule has 0 atom stereocenters. The molecule has 2 aromatic carbocycles. The number of hydrogen-bond acceptors (Lipinski definition) is 4. The molecule has 4 rings (SSSR count). The fraction of sp³-hybridized carbons (Fsp3) is 0.190. The van der Waals surface area contributed by atoms with Crippen LogP contribution < -0.4 is 0 Å². The molecule has 142 valence electrons. The Balaban J connectivity index is 1.29. The molecular weight excluding hydrogens is 363 g/mol. The summed E-state index contributed by atoms with van der Waals surface area (Å²) in [4.78, 5) is 40.5. The lowest BCUT2D eigenvalue weighted by atomic mass is 10.1. The molecule has 0 saturated heterocycles. The number of benzene rings is 2. The van der Waals surface area contributed by atoms with Crippen molar-refractivity contribution in [3.8, 4) is 0 Å². The predicted octanol–water partition coefficient (Wildman–Crippen LogP) is 3.08. The summed E-state index contributed by atoms with van der Waals surface area (Å²) in [6.07, 6.45) is 2.95. The highest BCUT2D eigenvalue weighted by Crippen LogP contribution is 2.22. The van der Waals surface area contributed by atoms with Gasteiger partial charge in [0.25, 0.3) is 11.8 Å². The number of H-pyrrole nitrogens is 1. The number of esters is 1. The van der Waals surface area contributed by atoms with E-state index in [-0.39, 0.29) is 12.4 Å². The summed E-state index contributed by atoms with van der Waals surface area (Å²) in [5.74, 6) is -1.92. The molecule has 0 unspecified atom stereocenters. The van der Waals surface area contributed by atoms with Gasteiger partial charge in [-0.15, -0.1) is 0 Å². The lowest BCUT2D eigenvalue weighted by Gasteiger charge is -2.13. The van der Waals surface area contributed by atoms with Gasteiger partial charge in [0.1, 0.15) is 12.4 Å². The van der Waals surface area contributed by atoms with E-state index in [1.165, 1.54) is 12.1 Å². The molecule has 6 nitrogen and oxygen atoms in total.